The number of carbonyl (C=O) groups excluding carboxylic acids is 2. The number of hydrogen-bond acceptors (Lipinski definition) is 7. The lowest BCUT2D eigenvalue weighted by Crippen LogP contribution is -2.50. The van der Waals surface area contributed by atoms with Crippen molar-refractivity contribution < 1.29 is 23.5 Å². The second-order valence-electron chi connectivity index (χ2n) is 12.0. The lowest BCUT2D eigenvalue weighted by Gasteiger charge is -2.36. The molecule has 3 heterocycles. The number of nitrogens with zero attached hydrogens (tertiary/aromatic N) is 5. The fourth-order valence-corrected chi connectivity index (χ4v) is 5.55. The van der Waals surface area contributed by atoms with Crippen molar-refractivity contribution in [1.29, 1.82) is 0 Å². The van der Waals surface area contributed by atoms with E-state index >= 15 is 4.39 Å². The molecule has 13 heteroatoms. The van der Waals surface area contributed by atoms with Gasteiger partial charge in [0.05, 0.1) is 17.8 Å². The summed E-state index contributed by atoms with van der Waals surface area (Å²) in [6.45, 7) is 8.61. The van der Waals surface area contributed by atoms with Crippen LogP contribution in [-0.4, -0.2) is 69.9 Å². The summed E-state index contributed by atoms with van der Waals surface area (Å²) in [5.74, 6) is 0.366. The third kappa shape index (κ3) is 7.02. The Hall–Kier alpha value is -4.84. The number of aromatic nitrogens is 3. The first-order chi connectivity index (χ1) is 21.7. The number of pyridine rings is 1. The quantitative estimate of drug-likeness (QED) is 0.284. The maximum atomic E-state index is 15.3. The highest BCUT2D eigenvalue weighted by atomic mass is 35.5. The first-order valence-corrected chi connectivity index (χ1v) is 15.1. The van der Waals surface area contributed by atoms with Gasteiger partial charge in [0.1, 0.15) is 28.8 Å². The molecule has 1 N–H and O–H groups in total. The van der Waals surface area contributed by atoms with Crippen molar-refractivity contribution in [2.24, 2.45) is 7.05 Å². The molecule has 2 aromatic heterocycles. The van der Waals surface area contributed by atoms with Crippen molar-refractivity contribution in [3.8, 4) is 33.7 Å². The first-order valence-electron chi connectivity index (χ1n) is 14.7. The van der Waals surface area contributed by atoms with Gasteiger partial charge in [0.15, 0.2) is 0 Å². The summed E-state index contributed by atoms with van der Waals surface area (Å²) < 4.78 is 29.6. The molecular weight excluding hydrogens is 615 g/mol. The Bertz CT molecular complexity index is 1860. The van der Waals surface area contributed by atoms with Gasteiger partial charge in [0.2, 0.25) is 5.91 Å². The molecule has 0 atom stereocenters. The number of hydrogen-bond donors (Lipinski definition) is 1. The lowest BCUT2D eigenvalue weighted by molar-refractivity contribution is -0.114. The van der Waals surface area contributed by atoms with E-state index in [1.54, 1.807) is 54.7 Å². The summed E-state index contributed by atoms with van der Waals surface area (Å²) in [7, 11) is 3.14. The van der Waals surface area contributed by atoms with Crippen LogP contribution in [0.4, 0.5) is 20.8 Å². The van der Waals surface area contributed by atoms with Crippen LogP contribution in [0.5, 0.6) is 5.75 Å². The number of rotatable bonds is 6. The van der Waals surface area contributed by atoms with Gasteiger partial charge < -0.3 is 29.2 Å². The minimum absolute atomic E-state index is 0.255. The molecule has 1 fully saturated rings. The maximum Gasteiger partial charge on any atom is 0.410 e. The van der Waals surface area contributed by atoms with Crippen molar-refractivity contribution in [3.63, 3.8) is 0 Å². The average Bonchev–Trinajstić information content (AvgIpc) is 3.32. The molecule has 1 aliphatic heterocycles. The van der Waals surface area contributed by atoms with E-state index in [-0.39, 0.29) is 23.5 Å². The number of anilines is 2. The van der Waals surface area contributed by atoms with Gasteiger partial charge in [-0.05, 0) is 68.3 Å². The number of ether oxygens (including phenoxy) is 2. The molecule has 242 valence electrons. The predicted molar refractivity (Wildman–Crippen MR) is 176 cm³/mol. The van der Waals surface area contributed by atoms with Gasteiger partial charge in [0.25, 0.3) is 0 Å². The van der Waals surface area contributed by atoms with Crippen LogP contribution in [0, 0.1) is 5.82 Å². The fraction of sp³-hybridized carbons (Fsp3) is 0.333. The first kappa shape index (κ1) is 32.6. The van der Waals surface area contributed by atoms with Crippen LogP contribution in [0.3, 0.4) is 0 Å². The Kier molecular flexibility index (Phi) is 9.11. The third-order valence-electron chi connectivity index (χ3n) is 7.41. The molecule has 0 saturated carbocycles. The summed E-state index contributed by atoms with van der Waals surface area (Å²) in [5.41, 5.74) is 1.63. The zero-order valence-electron chi connectivity index (χ0n) is 26.6. The molecule has 1 saturated heterocycles. The van der Waals surface area contributed by atoms with Crippen LogP contribution < -0.4 is 20.6 Å². The van der Waals surface area contributed by atoms with Gasteiger partial charge in [-0.1, -0.05) is 17.7 Å². The number of benzene rings is 2. The number of nitrogens with one attached hydrogen (secondary N) is 1. The molecule has 0 bridgehead atoms. The smallest absolute Gasteiger partial charge is 0.410 e. The molecule has 5 rings (SSSR count). The van der Waals surface area contributed by atoms with Gasteiger partial charge in [-0.2, -0.15) is 0 Å². The number of imidazole rings is 1. The number of halogens is 2. The highest BCUT2D eigenvalue weighted by molar-refractivity contribution is 6.32. The number of carbonyl (C=O) groups is 2. The Balaban J connectivity index is 1.52. The van der Waals surface area contributed by atoms with E-state index in [1.165, 1.54) is 35.3 Å². The van der Waals surface area contributed by atoms with Crippen molar-refractivity contribution in [2.45, 2.75) is 33.3 Å². The van der Waals surface area contributed by atoms with E-state index in [4.69, 9.17) is 21.1 Å². The second kappa shape index (κ2) is 12.9. The zero-order valence-corrected chi connectivity index (χ0v) is 27.3. The van der Waals surface area contributed by atoms with Gasteiger partial charge in [-0.3, -0.25) is 9.36 Å². The van der Waals surface area contributed by atoms with E-state index in [2.05, 4.69) is 10.3 Å². The van der Waals surface area contributed by atoms with E-state index in [1.807, 2.05) is 25.7 Å². The standard InChI is InChI=1S/C33H36ClFN6O5/c1-20(42)36-28-16-22(17-29(37-28)39-10-12-40(13-11-39)32(44)46-33(2,3)4)25-19-23(35)18-24(30(25)45-6)21-7-8-27(26(34)15-21)41-14-9-38(5)31(41)43/h7-9,14-19H,10-13H2,1-6H3,(H,36,37,42). The highest BCUT2D eigenvalue weighted by Crippen LogP contribution is 2.42. The third-order valence-corrected chi connectivity index (χ3v) is 7.71. The summed E-state index contributed by atoms with van der Waals surface area (Å²) in [6.07, 6.45) is 2.87. The minimum atomic E-state index is -0.602. The van der Waals surface area contributed by atoms with Crippen LogP contribution in [-0.2, 0) is 16.6 Å². The van der Waals surface area contributed by atoms with Crippen molar-refractivity contribution >= 4 is 35.2 Å². The van der Waals surface area contributed by atoms with Gasteiger partial charge in [-0.25, -0.2) is 19.0 Å². The van der Waals surface area contributed by atoms with E-state index in [0.717, 1.165) is 0 Å². The molecule has 0 aliphatic carbocycles. The molecule has 2 aromatic carbocycles. The number of methoxy groups -OCH3 is 1. The van der Waals surface area contributed by atoms with Crippen LogP contribution >= 0.6 is 11.6 Å². The van der Waals surface area contributed by atoms with Crippen LogP contribution in [0.1, 0.15) is 27.7 Å². The normalized spacial score (nSPS) is 13.5. The van der Waals surface area contributed by atoms with Gasteiger partial charge >= 0.3 is 11.8 Å². The van der Waals surface area contributed by atoms with E-state index in [9.17, 15) is 14.4 Å². The van der Waals surface area contributed by atoms with Crippen molar-refractivity contribution in [1.82, 2.24) is 19.0 Å². The van der Waals surface area contributed by atoms with Crippen LogP contribution in [0.25, 0.3) is 27.9 Å². The highest BCUT2D eigenvalue weighted by Gasteiger charge is 2.27. The number of piperazine rings is 1. The van der Waals surface area contributed by atoms with Crippen molar-refractivity contribution in [3.05, 3.63) is 76.2 Å². The van der Waals surface area contributed by atoms with E-state index in [0.29, 0.717) is 70.7 Å². The lowest BCUT2D eigenvalue weighted by atomic mass is 9.96. The molecule has 0 unspecified atom stereocenters. The number of aryl methyl sites for hydroxylation is 1. The minimum Gasteiger partial charge on any atom is -0.495 e. The molecule has 1 aliphatic rings. The topological polar surface area (TPSA) is 111 Å². The van der Waals surface area contributed by atoms with Gasteiger partial charge in [0, 0.05) is 63.7 Å². The SMILES string of the molecule is COc1c(-c2cc(NC(C)=O)nc(N3CCN(C(=O)OC(C)(C)C)CC3)c2)cc(F)cc1-c1ccc(-n2ccn(C)c2=O)c(Cl)c1. The Morgan fingerprint density at radius 3 is 2.22 bits per heavy atom. The summed E-state index contributed by atoms with van der Waals surface area (Å²) in [4.78, 5) is 45.4. The Morgan fingerprint density at radius 2 is 1.65 bits per heavy atom. The summed E-state index contributed by atoms with van der Waals surface area (Å²) in [5, 5.41) is 3.03. The Labute approximate surface area is 271 Å². The van der Waals surface area contributed by atoms with Crippen LogP contribution in [0.2, 0.25) is 5.02 Å². The molecule has 0 spiro atoms. The second-order valence-corrected chi connectivity index (χ2v) is 12.4. The van der Waals surface area contributed by atoms with E-state index < -0.39 is 11.4 Å². The predicted octanol–water partition coefficient (Wildman–Crippen LogP) is 5.72. The number of amides is 2. The summed E-state index contributed by atoms with van der Waals surface area (Å²) >= 11 is 6.63. The fourth-order valence-electron chi connectivity index (χ4n) is 5.28. The molecule has 0 radical (unpaired) electrons. The largest absolute Gasteiger partial charge is 0.495 e. The Morgan fingerprint density at radius 1 is 0.978 bits per heavy atom. The summed E-state index contributed by atoms with van der Waals surface area (Å²) in [6, 6.07) is 11.3. The van der Waals surface area contributed by atoms with Gasteiger partial charge in [-0.15, -0.1) is 0 Å². The average molecular weight is 651 g/mol. The molecule has 46 heavy (non-hydrogen) atoms. The molecule has 2 amide bonds. The van der Waals surface area contributed by atoms with Crippen LogP contribution in [0.15, 0.2) is 59.7 Å². The molecule has 11 nitrogen and oxygen atoms in total. The molecule has 4 aromatic rings. The monoisotopic (exact) mass is 650 g/mol. The molecular formula is C33H36ClFN6O5. The zero-order chi connectivity index (χ0) is 33.3. The maximum absolute atomic E-state index is 15.3. The van der Waals surface area contributed by atoms with Crippen molar-refractivity contribution in [2.75, 3.05) is 43.5 Å².